The fraction of sp³-hybridized carbons (Fsp3) is 0.588. The molecule has 0 atom stereocenters. The number of likely N-dealkylation sites (tertiary alicyclic amines) is 1. The average molecular weight is 419 g/mol. The second-order valence-electron chi connectivity index (χ2n) is 6.48. The molecule has 10 heteroatoms. The van der Waals surface area contributed by atoms with Crippen molar-refractivity contribution in [3.05, 3.63) is 28.8 Å². The monoisotopic (exact) mass is 418 g/mol. The van der Waals surface area contributed by atoms with E-state index in [1.165, 1.54) is 32.4 Å². The van der Waals surface area contributed by atoms with Gasteiger partial charge in [0, 0.05) is 31.6 Å². The van der Waals surface area contributed by atoms with Gasteiger partial charge in [-0.2, -0.15) is 0 Å². The lowest BCUT2D eigenvalue weighted by Gasteiger charge is -2.34. The largest absolute Gasteiger partial charge is 0.350 e. The summed E-state index contributed by atoms with van der Waals surface area (Å²) < 4.78 is 36.8. The zero-order valence-corrected chi connectivity index (χ0v) is 16.8. The predicted molar refractivity (Wildman–Crippen MR) is 97.7 cm³/mol. The van der Waals surface area contributed by atoms with Crippen molar-refractivity contribution in [2.24, 2.45) is 5.92 Å². The van der Waals surface area contributed by atoms with E-state index in [0.717, 1.165) is 12.8 Å². The van der Waals surface area contributed by atoms with Crippen molar-refractivity contribution in [1.82, 2.24) is 9.37 Å². The van der Waals surface area contributed by atoms with Crippen molar-refractivity contribution in [2.45, 2.75) is 24.0 Å². The highest BCUT2D eigenvalue weighted by atomic mass is 35.5. The van der Waals surface area contributed by atoms with Crippen LogP contribution < -0.4 is 0 Å². The van der Waals surface area contributed by atoms with Gasteiger partial charge in [0.2, 0.25) is 0 Å². The van der Waals surface area contributed by atoms with E-state index in [0.29, 0.717) is 30.8 Å². The molecule has 2 saturated heterocycles. The molecule has 150 valence electrons. The third kappa shape index (κ3) is 4.28. The number of rotatable bonds is 5. The van der Waals surface area contributed by atoms with Gasteiger partial charge in [0.1, 0.15) is 4.90 Å². The van der Waals surface area contributed by atoms with E-state index in [1.807, 2.05) is 0 Å². The van der Waals surface area contributed by atoms with Crippen molar-refractivity contribution in [2.75, 3.05) is 40.5 Å². The second-order valence-corrected chi connectivity index (χ2v) is 8.79. The molecule has 2 aliphatic heterocycles. The van der Waals surface area contributed by atoms with Gasteiger partial charge in [0.25, 0.3) is 15.9 Å². The first-order valence-electron chi connectivity index (χ1n) is 8.69. The van der Waals surface area contributed by atoms with E-state index in [2.05, 4.69) is 0 Å². The van der Waals surface area contributed by atoms with E-state index in [-0.39, 0.29) is 33.6 Å². The van der Waals surface area contributed by atoms with Gasteiger partial charge in [-0.3, -0.25) is 9.63 Å². The number of carbonyl (C=O) groups excluding carboxylic acids is 1. The molecule has 8 nitrogen and oxygen atoms in total. The van der Waals surface area contributed by atoms with Gasteiger partial charge in [-0.05, 0) is 31.0 Å². The molecule has 2 aliphatic rings. The molecule has 2 fully saturated rings. The topological polar surface area (TPSA) is 85.4 Å². The van der Waals surface area contributed by atoms with Crippen LogP contribution in [0.25, 0.3) is 0 Å². The number of nitrogens with zero attached hydrogens (tertiary/aromatic N) is 2. The molecule has 0 aromatic heterocycles. The Morgan fingerprint density at radius 3 is 2.48 bits per heavy atom. The van der Waals surface area contributed by atoms with Crippen molar-refractivity contribution in [3.63, 3.8) is 0 Å². The molecule has 1 aromatic carbocycles. The summed E-state index contributed by atoms with van der Waals surface area (Å²) in [5.41, 5.74) is 0.272. The molecule has 3 rings (SSSR count). The number of carbonyl (C=O) groups is 1. The van der Waals surface area contributed by atoms with Gasteiger partial charge in [0.15, 0.2) is 6.29 Å². The van der Waals surface area contributed by atoms with E-state index < -0.39 is 10.0 Å². The number of ether oxygens (including phenoxy) is 2. The zero-order valence-electron chi connectivity index (χ0n) is 15.3. The number of hydrogen-bond acceptors (Lipinski definition) is 6. The fourth-order valence-corrected chi connectivity index (χ4v) is 4.75. The number of amides is 1. The third-order valence-corrected chi connectivity index (χ3v) is 7.07. The fourth-order valence-electron chi connectivity index (χ4n) is 3.28. The number of benzene rings is 1. The smallest absolute Gasteiger partial charge is 0.266 e. The summed E-state index contributed by atoms with van der Waals surface area (Å²) in [4.78, 5) is 19.2. The minimum atomic E-state index is -3.95. The number of hydrogen-bond donors (Lipinski definition) is 0. The summed E-state index contributed by atoms with van der Waals surface area (Å²) in [6.45, 7) is 2.36. The Labute approximate surface area is 163 Å². The van der Waals surface area contributed by atoms with Crippen LogP contribution in [0.1, 0.15) is 23.2 Å². The lowest BCUT2D eigenvalue weighted by atomic mass is 9.95. The van der Waals surface area contributed by atoms with Crippen LogP contribution in [0.5, 0.6) is 0 Å². The Hall–Kier alpha value is -1.23. The maximum absolute atomic E-state index is 12.8. The molecule has 0 unspecified atom stereocenters. The first-order valence-corrected chi connectivity index (χ1v) is 10.5. The van der Waals surface area contributed by atoms with Gasteiger partial charge in [0.05, 0.1) is 25.3 Å². The van der Waals surface area contributed by atoms with E-state index in [9.17, 15) is 13.2 Å². The first kappa shape index (κ1) is 20.5. The van der Waals surface area contributed by atoms with Crippen LogP contribution in [0.15, 0.2) is 23.1 Å². The first-order chi connectivity index (χ1) is 12.8. The highest BCUT2D eigenvalue weighted by molar-refractivity contribution is 7.89. The van der Waals surface area contributed by atoms with Gasteiger partial charge in [-0.1, -0.05) is 16.1 Å². The Bertz CT molecular complexity index is 789. The van der Waals surface area contributed by atoms with Crippen LogP contribution in [0.2, 0.25) is 5.02 Å². The van der Waals surface area contributed by atoms with Crippen molar-refractivity contribution >= 4 is 27.5 Å². The standard InChI is InChI=1S/C17H23ClN2O6S/c1-19(24-2)27(22,23)15-11-13(3-4-14(15)18)16(21)20-7-5-12(6-8-20)17-25-9-10-26-17/h3-4,11-12,17H,5-10H2,1-2H3. The molecule has 1 amide bonds. The Morgan fingerprint density at radius 1 is 1.26 bits per heavy atom. The molecule has 1 aromatic rings. The van der Waals surface area contributed by atoms with Crippen molar-refractivity contribution < 1.29 is 27.5 Å². The normalized spacial score (nSPS) is 19.8. The molecule has 0 aliphatic carbocycles. The van der Waals surface area contributed by atoms with Crippen molar-refractivity contribution in [3.8, 4) is 0 Å². The minimum Gasteiger partial charge on any atom is -0.350 e. The molecule has 2 heterocycles. The number of hydroxylamine groups is 1. The summed E-state index contributed by atoms with van der Waals surface area (Å²) in [7, 11) is -1.45. The highest BCUT2D eigenvalue weighted by Crippen LogP contribution is 2.29. The summed E-state index contributed by atoms with van der Waals surface area (Å²) in [6.07, 6.45) is 1.38. The Balaban J connectivity index is 1.73. The molecular formula is C17H23ClN2O6S. The Kier molecular flexibility index (Phi) is 6.39. The predicted octanol–water partition coefficient (Wildman–Crippen LogP) is 1.75. The van der Waals surface area contributed by atoms with Crippen LogP contribution in [0.4, 0.5) is 0 Å². The van der Waals surface area contributed by atoms with Gasteiger partial charge in [-0.25, -0.2) is 8.42 Å². The van der Waals surface area contributed by atoms with Crippen LogP contribution in [0.3, 0.4) is 0 Å². The number of piperidine rings is 1. The molecule has 0 saturated carbocycles. The summed E-state index contributed by atoms with van der Waals surface area (Å²) >= 11 is 6.05. The SMILES string of the molecule is CON(C)S(=O)(=O)c1cc(C(=O)N2CCC(C3OCCO3)CC2)ccc1Cl. The lowest BCUT2D eigenvalue weighted by molar-refractivity contribution is -0.0956. The van der Waals surface area contributed by atoms with Crippen LogP contribution in [-0.2, 0) is 24.3 Å². The summed E-state index contributed by atoms with van der Waals surface area (Å²) in [5, 5.41) is 0.0321. The molecule has 27 heavy (non-hydrogen) atoms. The molecule has 0 bridgehead atoms. The lowest BCUT2D eigenvalue weighted by Crippen LogP contribution is -2.41. The van der Waals surface area contributed by atoms with Gasteiger partial charge < -0.3 is 14.4 Å². The Morgan fingerprint density at radius 2 is 1.89 bits per heavy atom. The highest BCUT2D eigenvalue weighted by Gasteiger charge is 2.32. The number of sulfonamides is 1. The van der Waals surface area contributed by atoms with Gasteiger partial charge >= 0.3 is 0 Å². The van der Waals surface area contributed by atoms with Crippen LogP contribution in [0, 0.1) is 5.92 Å². The van der Waals surface area contributed by atoms with E-state index in [1.54, 1.807) is 4.90 Å². The average Bonchev–Trinajstić information content (AvgIpc) is 3.22. The maximum atomic E-state index is 12.8. The number of halogens is 1. The maximum Gasteiger partial charge on any atom is 0.266 e. The van der Waals surface area contributed by atoms with Crippen LogP contribution >= 0.6 is 11.6 Å². The molecule has 0 radical (unpaired) electrons. The zero-order chi connectivity index (χ0) is 19.6. The van der Waals surface area contributed by atoms with E-state index >= 15 is 0 Å². The summed E-state index contributed by atoms with van der Waals surface area (Å²) in [5.74, 6) is 0.0444. The van der Waals surface area contributed by atoms with Gasteiger partial charge in [-0.15, -0.1) is 0 Å². The van der Waals surface area contributed by atoms with Crippen LogP contribution in [-0.4, -0.2) is 70.4 Å². The van der Waals surface area contributed by atoms with Crippen molar-refractivity contribution in [1.29, 1.82) is 0 Å². The molecule has 0 spiro atoms. The van der Waals surface area contributed by atoms with E-state index in [4.69, 9.17) is 25.9 Å². The quantitative estimate of drug-likeness (QED) is 0.677. The molecular weight excluding hydrogens is 396 g/mol. The third-order valence-electron chi connectivity index (χ3n) is 4.91. The second kappa shape index (κ2) is 8.42. The summed E-state index contributed by atoms with van der Waals surface area (Å²) in [6, 6.07) is 4.24. The molecule has 0 N–H and O–H groups in total. The minimum absolute atomic E-state index is 0.0321.